The van der Waals surface area contributed by atoms with E-state index in [9.17, 15) is 19.2 Å². The molecular weight excluding hydrogens is 456 g/mol. The first-order valence-electron chi connectivity index (χ1n) is 12.2. The van der Waals surface area contributed by atoms with E-state index < -0.39 is 0 Å². The molecular formula is C28H36N4O4. The number of rotatable bonds is 7. The Hall–Kier alpha value is -3.68. The molecule has 4 N–H and O–H groups in total. The van der Waals surface area contributed by atoms with Gasteiger partial charge >= 0.3 is 12.1 Å². The van der Waals surface area contributed by atoms with Crippen molar-refractivity contribution in [1.82, 2.24) is 10.6 Å². The van der Waals surface area contributed by atoms with Gasteiger partial charge in [-0.05, 0) is 68.2 Å². The van der Waals surface area contributed by atoms with Crippen molar-refractivity contribution < 1.29 is 19.2 Å². The van der Waals surface area contributed by atoms with Crippen LogP contribution in [0.25, 0.3) is 0 Å². The third-order valence-corrected chi connectivity index (χ3v) is 6.51. The SMILES string of the molecule is CC(=O)c1cccc(NC(=O)NC[C@]2(C)C[C@H](NC(=O)Nc3cccc(C(C)=O)c3)CC(C)(C)C2)c1. The number of nitrogens with one attached hydrogen (secondary N) is 4. The molecule has 0 heterocycles. The van der Waals surface area contributed by atoms with Crippen LogP contribution in [0.1, 0.15) is 74.6 Å². The summed E-state index contributed by atoms with van der Waals surface area (Å²) < 4.78 is 0. The second-order valence-electron chi connectivity index (χ2n) is 10.9. The Balaban J connectivity index is 1.58. The number of amides is 4. The Bertz CT molecular complexity index is 1160. The van der Waals surface area contributed by atoms with Gasteiger partial charge in [0, 0.05) is 35.1 Å². The Morgan fingerprint density at radius 1 is 0.806 bits per heavy atom. The molecule has 0 radical (unpaired) electrons. The summed E-state index contributed by atoms with van der Waals surface area (Å²) in [5, 5.41) is 11.7. The van der Waals surface area contributed by atoms with Crippen molar-refractivity contribution in [2.45, 2.75) is 59.9 Å². The average molecular weight is 493 g/mol. The van der Waals surface area contributed by atoms with Crippen LogP contribution in [0.4, 0.5) is 21.0 Å². The number of urea groups is 2. The topological polar surface area (TPSA) is 116 Å². The summed E-state index contributed by atoms with van der Waals surface area (Å²) in [4.78, 5) is 48.5. The van der Waals surface area contributed by atoms with E-state index in [-0.39, 0.29) is 40.5 Å². The summed E-state index contributed by atoms with van der Waals surface area (Å²) in [5.74, 6) is -0.128. The van der Waals surface area contributed by atoms with Crippen LogP contribution in [0, 0.1) is 10.8 Å². The average Bonchev–Trinajstić information content (AvgIpc) is 2.76. The molecule has 1 saturated carbocycles. The van der Waals surface area contributed by atoms with Crippen LogP contribution >= 0.6 is 0 Å². The fraction of sp³-hybridized carbons (Fsp3) is 0.429. The summed E-state index contributed by atoms with van der Waals surface area (Å²) in [7, 11) is 0. The molecule has 8 heteroatoms. The maximum atomic E-state index is 12.7. The van der Waals surface area contributed by atoms with Crippen molar-refractivity contribution >= 4 is 35.0 Å². The lowest BCUT2D eigenvalue weighted by Crippen LogP contribution is -2.51. The van der Waals surface area contributed by atoms with Crippen LogP contribution in [0.5, 0.6) is 0 Å². The predicted octanol–water partition coefficient (Wildman–Crippen LogP) is 5.62. The summed E-state index contributed by atoms with van der Waals surface area (Å²) in [6, 6.07) is 12.9. The van der Waals surface area contributed by atoms with Gasteiger partial charge in [-0.25, -0.2) is 9.59 Å². The zero-order valence-corrected chi connectivity index (χ0v) is 21.7. The second-order valence-corrected chi connectivity index (χ2v) is 10.9. The van der Waals surface area contributed by atoms with Crippen LogP contribution < -0.4 is 21.3 Å². The minimum absolute atomic E-state index is 0.0343. The zero-order chi connectivity index (χ0) is 26.5. The number of Topliss-reactive ketones (excluding diaryl/α,β-unsaturated/α-hetero) is 2. The minimum Gasteiger partial charge on any atom is -0.337 e. The van der Waals surface area contributed by atoms with Crippen molar-refractivity contribution in [2.24, 2.45) is 10.8 Å². The maximum absolute atomic E-state index is 12.7. The van der Waals surface area contributed by atoms with E-state index in [4.69, 9.17) is 0 Å². The molecule has 0 spiro atoms. The van der Waals surface area contributed by atoms with Crippen molar-refractivity contribution in [3.63, 3.8) is 0 Å². The van der Waals surface area contributed by atoms with Crippen LogP contribution in [0.3, 0.4) is 0 Å². The Morgan fingerprint density at radius 2 is 1.33 bits per heavy atom. The van der Waals surface area contributed by atoms with Crippen LogP contribution in [-0.2, 0) is 0 Å². The molecule has 0 bridgehead atoms. The Kier molecular flexibility index (Phi) is 8.17. The molecule has 2 atom stereocenters. The smallest absolute Gasteiger partial charge is 0.319 e. The summed E-state index contributed by atoms with van der Waals surface area (Å²) in [6.45, 7) is 9.87. The van der Waals surface area contributed by atoms with Crippen LogP contribution in [0.15, 0.2) is 48.5 Å². The highest BCUT2D eigenvalue weighted by Crippen LogP contribution is 2.45. The van der Waals surface area contributed by atoms with Gasteiger partial charge < -0.3 is 21.3 Å². The first kappa shape index (κ1) is 26.9. The molecule has 0 aliphatic heterocycles. The first-order chi connectivity index (χ1) is 16.8. The number of ketones is 2. The molecule has 36 heavy (non-hydrogen) atoms. The van der Waals surface area contributed by atoms with Gasteiger partial charge in [0.2, 0.25) is 0 Å². The number of hydrogen-bond acceptors (Lipinski definition) is 4. The lowest BCUT2D eigenvalue weighted by atomic mass is 9.62. The van der Waals surface area contributed by atoms with Gasteiger partial charge in [0.25, 0.3) is 0 Å². The third-order valence-electron chi connectivity index (χ3n) is 6.51. The predicted molar refractivity (Wildman–Crippen MR) is 142 cm³/mol. The van der Waals surface area contributed by atoms with E-state index in [1.54, 1.807) is 48.5 Å². The van der Waals surface area contributed by atoms with E-state index in [0.29, 0.717) is 35.5 Å². The van der Waals surface area contributed by atoms with Gasteiger partial charge in [0.15, 0.2) is 11.6 Å². The second kappa shape index (κ2) is 10.9. The zero-order valence-electron chi connectivity index (χ0n) is 21.7. The molecule has 192 valence electrons. The molecule has 1 fully saturated rings. The molecule has 2 aromatic rings. The van der Waals surface area contributed by atoms with E-state index in [0.717, 1.165) is 12.8 Å². The van der Waals surface area contributed by atoms with E-state index >= 15 is 0 Å². The normalized spacial score (nSPS) is 20.6. The lowest BCUT2D eigenvalue weighted by Gasteiger charge is -2.46. The molecule has 0 saturated heterocycles. The molecule has 4 amide bonds. The van der Waals surface area contributed by atoms with Gasteiger partial charge in [-0.15, -0.1) is 0 Å². The molecule has 0 unspecified atom stereocenters. The van der Waals surface area contributed by atoms with Gasteiger partial charge in [0.05, 0.1) is 0 Å². The van der Waals surface area contributed by atoms with Gasteiger partial charge in [0.1, 0.15) is 0 Å². The molecule has 8 nitrogen and oxygen atoms in total. The fourth-order valence-electron chi connectivity index (χ4n) is 5.32. The van der Waals surface area contributed by atoms with Gasteiger partial charge in [-0.3, -0.25) is 9.59 Å². The number of hydrogen-bond donors (Lipinski definition) is 4. The van der Waals surface area contributed by atoms with Crippen LogP contribution in [-0.4, -0.2) is 36.2 Å². The quantitative estimate of drug-likeness (QED) is 0.375. The van der Waals surface area contributed by atoms with Crippen molar-refractivity contribution in [1.29, 1.82) is 0 Å². The summed E-state index contributed by atoms with van der Waals surface area (Å²) in [5.41, 5.74) is 1.93. The molecule has 1 aliphatic rings. The Labute approximate surface area is 212 Å². The van der Waals surface area contributed by atoms with E-state index in [1.807, 2.05) is 0 Å². The van der Waals surface area contributed by atoms with E-state index in [1.165, 1.54) is 13.8 Å². The summed E-state index contributed by atoms with van der Waals surface area (Å²) >= 11 is 0. The molecule has 0 aromatic heterocycles. The molecule has 3 rings (SSSR count). The standard InChI is InChI=1S/C28H36N4O4/c1-18(33)20-8-6-10-22(12-20)30-25(35)29-17-28(5)15-24(14-27(3,4)16-28)32-26(36)31-23-11-7-9-21(13-23)19(2)34/h6-13,24H,14-17H2,1-5H3,(H2,29,30,35)(H2,31,32,36)/t24-,28-/m1/s1. The summed E-state index contributed by atoms with van der Waals surface area (Å²) in [6.07, 6.45) is 2.41. The fourth-order valence-corrected chi connectivity index (χ4v) is 5.32. The van der Waals surface area contributed by atoms with Crippen molar-refractivity contribution in [3.8, 4) is 0 Å². The molecule has 1 aliphatic carbocycles. The van der Waals surface area contributed by atoms with E-state index in [2.05, 4.69) is 42.0 Å². The maximum Gasteiger partial charge on any atom is 0.319 e. The van der Waals surface area contributed by atoms with Crippen molar-refractivity contribution in [2.75, 3.05) is 17.2 Å². The van der Waals surface area contributed by atoms with Crippen molar-refractivity contribution in [3.05, 3.63) is 59.7 Å². The highest BCUT2D eigenvalue weighted by atomic mass is 16.2. The third kappa shape index (κ3) is 7.66. The monoisotopic (exact) mass is 492 g/mol. The Morgan fingerprint density at radius 3 is 1.86 bits per heavy atom. The number of benzene rings is 2. The largest absolute Gasteiger partial charge is 0.337 e. The highest BCUT2D eigenvalue weighted by Gasteiger charge is 2.41. The minimum atomic E-state index is -0.340. The number of carbonyl (C=O) groups is 4. The van der Waals surface area contributed by atoms with Gasteiger partial charge in [-0.2, -0.15) is 0 Å². The van der Waals surface area contributed by atoms with Crippen LogP contribution in [0.2, 0.25) is 0 Å². The van der Waals surface area contributed by atoms with Gasteiger partial charge in [-0.1, -0.05) is 45.0 Å². The highest BCUT2D eigenvalue weighted by molar-refractivity contribution is 5.97. The first-order valence-corrected chi connectivity index (χ1v) is 12.2. The number of carbonyl (C=O) groups excluding carboxylic acids is 4. The molecule has 2 aromatic carbocycles. The number of anilines is 2. The lowest BCUT2D eigenvalue weighted by molar-refractivity contribution is 0.0761.